The van der Waals surface area contributed by atoms with Gasteiger partial charge in [0.1, 0.15) is 6.33 Å². The van der Waals surface area contributed by atoms with Crippen LogP contribution in [0.15, 0.2) is 18.5 Å². The molecule has 0 bridgehead atoms. The van der Waals surface area contributed by atoms with E-state index in [1.165, 1.54) is 17.1 Å². The van der Waals surface area contributed by atoms with E-state index >= 15 is 0 Å². The third-order valence-corrected chi connectivity index (χ3v) is 1.25. The molecular weight excluding hydrogens is 142 g/mol. The number of nitrogens with zero attached hydrogens (tertiary/aromatic N) is 3. The average molecular weight is 151 g/mol. The van der Waals surface area contributed by atoms with Gasteiger partial charge in [-0.3, -0.25) is 4.79 Å². The zero-order valence-corrected chi connectivity index (χ0v) is 6.48. The molecule has 0 aliphatic rings. The molecule has 0 aliphatic carbocycles. The van der Waals surface area contributed by atoms with Gasteiger partial charge in [0, 0.05) is 7.05 Å². The Hall–Kier alpha value is -1.45. The predicted molar refractivity (Wildman–Crippen MR) is 40.1 cm³/mol. The molecule has 0 atom stereocenters. The number of aromatic nitrogens is 3. The number of allylic oxidation sites excluding steroid dienone is 2. The molecule has 58 valence electrons. The fourth-order valence-electron chi connectivity index (χ4n) is 0.745. The summed E-state index contributed by atoms with van der Waals surface area (Å²) >= 11 is 0. The Labute approximate surface area is 64.6 Å². The van der Waals surface area contributed by atoms with E-state index in [0.717, 1.165) is 0 Å². The first-order chi connectivity index (χ1) is 5.25. The normalized spacial score (nSPS) is 10.7. The van der Waals surface area contributed by atoms with Crippen LogP contribution < -0.4 is 0 Å². The average Bonchev–Trinajstić information content (AvgIpc) is 2.36. The van der Waals surface area contributed by atoms with Crippen LogP contribution in [0, 0.1) is 0 Å². The van der Waals surface area contributed by atoms with Crippen LogP contribution in [-0.4, -0.2) is 20.5 Å². The fourth-order valence-corrected chi connectivity index (χ4v) is 0.745. The molecule has 0 saturated carbocycles. The van der Waals surface area contributed by atoms with E-state index in [2.05, 4.69) is 10.1 Å². The van der Waals surface area contributed by atoms with Gasteiger partial charge in [-0.25, -0.2) is 9.67 Å². The molecule has 0 radical (unpaired) electrons. The maximum atomic E-state index is 11.1. The maximum Gasteiger partial charge on any atom is 0.222 e. The molecule has 0 spiro atoms. The lowest BCUT2D eigenvalue weighted by molar-refractivity contribution is 0.103. The van der Waals surface area contributed by atoms with E-state index in [-0.39, 0.29) is 5.78 Å². The highest BCUT2D eigenvalue weighted by Gasteiger charge is 2.06. The van der Waals surface area contributed by atoms with Gasteiger partial charge < -0.3 is 0 Å². The lowest BCUT2D eigenvalue weighted by atomic mass is 10.3. The van der Waals surface area contributed by atoms with Gasteiger partial charge in [0.15, 0.2) is 5.82 Å². The third-order valence-electron chi connectivity index (χ3n) is 1.25. The van der Waals surface area contributed by atoms with E-state index in [9.17, 15) is 4.79 Å². The standard InChI is InChI=1S/C7H9N3O/c1-3-4-6(11)7-8-5-9-10(7)2/h3-5H,1-2H3/b4-3+. The SMILES string of the molecule is C/C=C/C(=O)c1ncnn1C. The predicted octanol–water partition coefficient (Wildman–Crippen LogP) is 0.574. The van der Waals surface area contributed by atoms with Gasteiger partial charge >= 0.3 is 0 Å². The summed E-state index contributed by atoms with van der Waals surface area (Å²) in [6.07, 6.45) is 4.50. The van der Waals surface area contributed by atoms with Crippen LogP contribution in [0.3, 0.4) is 0 Å². The van der Waals surface area contributed by atoms with Crippen LogP contribution in [0.25, 0.3) is 0 Å². The van der Waals surface area contributed by atoms with Gasteiger partial charge in [-0.15, -0.1) is 0 Å². The van der Waals surface area contributed by atoms with Crippen molar-refractivity contribution in [3.05, 3.63) is 24.3 Å². The molecule has 4 heteroatoms. The van der Waals surface area contributed by atoms with Crippen molar-refractivity contribution in [2.45, 2.75) is 6.92 Å². The molecule has 0 N–H and O–H groups in total. The summed E-state index contributed by atoms with van der Waals surface area (Å²) in [5.41, 5.74) is 0. The summed E-state index contributed by atoms with van der Waals surface area (Å²) in [5.74, 6) is 0.246. The highest BCUT2D eigenvalue weighted by Crippen LogP contribution is 1.93. The Kier molecular flexibility index (Phi) is 2.15. The quantitative estimate of drug-likeness (QED) is 0.458. The fraction of sp³-hybridized carbons (Fsp3) is 0.286. The molecule has 0 unspecified atom stereocenters. The zero-order chi connectivity index (χ0) is 8.27. The lowest BCUT2D eigenvalue weighted by Crippen LogP contribution is -2.05. The topological polar surface area (TPSA) is 47.8 Å². The van der Waals surface area contributed by atoms with E-state index in [0.29, 0.717) is 5.82 Å². The molecule has 0 amide bonds. The van der Waals surface area contributed by atoms with Gasteiger partial charge in [0.05, 0.1) is 0 Å². The van der Waals surface area contributed by atoms with Gasteiger partial charge in [-0.05, 0) is 13.0 Å². The highest BCUT2D eigenvalue weighted by molar-refractivity contribution is 6.01. The Morgan fingerprint density at radius 2 is 2.45 bits per heavy atom. The van der Waals surface area contributed by atoms with Gasteiger partial charge in [0.25, 0.3) is 0 Å². The van der Waals surface area contributed by atoms with Crippen molar-refractivity contribution in [3.63, 3.8) is 0 Å². The second-order valence-electron chi connectivity index (χ2n) is 2.07. The molecule has 1 rings (SSSR count). The number of rotatable bonds is 2. The summed E-state index contributed by atoms with van der Waals surface area (Å²) in [7, 11) is 1.68. The Morgan fingerprint density at radius 1 is 1.73 bits per heavy atom. The van der Waals surface area contributed by atoms with Crippen LogP contribution in [0.1, 0.15) is 17.5 Å². The van der Waals surface area contributed by atoms with Crippen molar-refractivity contribution >= 4 is 5.78 Å². The van der Waals surface area contributed by atoms with Crippen molar-refractivity contribution in [1.29, 1.82) is 0 Å². The summed E-state index contributed by atoms with van der Waals surface area (Å²) in [6.45, 7) is 1.79. The first-order valence-corrected chi connectivity index (χ1v) is 3.26. The monoisotopic (exact) mass is 151 g/mol. The number of hydrogen-bond acceptors (Lipinski definition) is 3. The van der Waals surface area contributed by atoms with Crippen LogP contribution in [0.5, 0.6) is 0 Å². The smallest absolute Gasteiger partial charge is 0.222 e. The third kappa shape index (κ3) is 1.52. The molecule has 1 aromatic rings. The molecule has 4 nitrogen and oxygen atoms in total. The van der Waals surface area contributed by atoms with Crippen molar-refractivity contribution in [2.75, 3.05) is 0 Å². The summed E-state index contributed by atoms with van der Waals surface area (Å²) < 4.78 is 1.45. The number of hydrogen-bond donors (Lipinski definition) is 0. The first kappa shape index (κ1) is 7.65. The van der Waals surface area contributed by atoms with Crippen LogP contribution in [-0.2, 0) is 7.05 Å². The molecule has 0 aromatic carbocycles. The molecule has 0 fully saturated rings. The first-order valence-electron chi connectivity index (χ1n) is 3.26. The minimum absolute atomic E-state index is 0.118. The molecule has 0 saturated heterocycles. The van der Waals surface area contributed by atoms with Gasteiger partial charge in [-0.2, -0.15) is 5.10 Å². The van der Waals surface area contributed by atoms with E-state index in [1.54, 1.807) is 20.0 Å². The minimum Gasteiger partial charge on any atom is -0.286 e. The molecule has 0 aliphatic heterocycles. The largest absolute Gasteiger partial charge is 0.286 e. The van der Waals surface area contributed by atoms with E-state index in [1.807, 2.05) is 0 Å². The zero-order valence-electron chi connectivity index (χ0n) is 6.48. The highest BCUT2D eigenvalue weighted by atomic mass is 16.1. The van der Waals surface area contributed by atoms with Crippen molar-refractivity contribution < 1.29 is 4.79 Å². The summed E-state index contributed by atoms with van der Waals surface area (Å²) in [6, 6.07) is 0. The summed E-state index contributed by atoms with van der Waals surface area (Å²) in [4.78, 5) is 14.9. The lowest BCUT2D eigenvalue weighted by Gasteiger charge is -1.91. The van der Waals surface area contributed by atoms with Crippen molar-refractivity contribution in [1.82, 2.24) is 14.8 Å². The number of carbonyl (C=O) groups is 1. The van der Waals surface area contributed by atoms with E-state index < -0.39 is 0 Å². The van der Waals surface area contributed by atoms with Crippen LogP contribution >= 0.6 is 0 Å². The van der Waals surface area contributed by atoms with Crippen molar-refractivity contribution in [2.24, 2.45) is 7.05 Å². The second kappa shape index (κ2) is 3.09. The molecule has 1 heterocycles. The number of ketones is 1. The Morgan fingerprint density at radius 3 is 2.91 bits per heavy atom. The maximum absolute atomic E-state index is 11.1. The van der Waals surface area contributed by atoms with Gasteiger partial charge in [-0.1, -0.05) is 6.08 Å². The van der Waals surface area contributed by atoms with Crippen molar-refractivity contribution in [3.8, 4) is 0 Å². The Balaban J connectivity index is 2.93. The van der Waals surface area contributed by atoms with Crippen LogP contribution in [0.4, 0.5) is 0 Å². The minimum atomic E-state index is -0.118. The van der Waals surface area contributed by atoms with Gasteiger partial charge in [0.2, 0.25) is 5.78 Å². The van der Waals surface area contributed by atoms with E-state index in [4.69, 9.17) is 0 Å². The van der Waals surface area contributed by atoms with Crippen LogP contribution in [0.2, 0.25) is 0 Å². The Bertz CT molecular complexity index is 288. The second-order valence-corrected chi connectivity index (χ2v) is 2.07. The summed E-state index contributed by atoms with van der Waals surface area (Å²) in [5, 5.41) is 3.77. The number of carbonyl (C=O) groups excluding carboxylic acids is 1. The number of aryl methyl sites for hydroxylation is 1. The molecule has 1 aromatic heterocycles. The molecular formula is C7H9N3O. The molecule has 11 heavy (non-hydrogen) atoms.